The van der Waals surface area contributed by atoms with Crippen molar-refractivity contribution in [3.05, 3.63) is 34.3 Å². The summed E-state index contributed by atoms with van der Waals surface area (Å²) in [6.45, 7) is 1.28. The van der Waals surface area contributed by atoms with Gasteiger partial charge in [0, 0.05) is 11.0 Å². The van der Waals surface area contributed by atoms with E-state index in [1.165, 1.54) is 0 Å². The molecule has 0 aromatic heterocycles. The normalized spacial score (nSPS) is 23.8. The van der Waals surface area contributed by atoms with Crippen LogP contribution in [-0.4, -0.2) is 24.2 Å². The van der Waals surface area contributed by atoms with E-state index in [9.17, 15) is 9.90 Å². The minimum atomic E-state index is -0.746. The average Bonchev–Trinajstić information content (AvgIpc) is 2.67. The fourth-order valence-electron chi connectivity index (χ4n) is 2.03. The van der Waals surface area contributed by atoms with E-state index in [-0.39, 0.29) is 12.4 Å². The van der Waals surface area contributed by atoms with E-state index in [1.54, 1.807) is 0 Å². The first-order valence-corrected chi connectivity index (χ1v) is 5.65. The minimum absolute atomic E-state index is 0. The van der Waals surface area contributed by atoms with Crippen LogP contribution in [0.2, 0.25) is 0 Å². The van der Waals surface area contributed by atoms with Crippen LogP contribution in [0, 0.1) is 0 Å². The molecule has 1 atom stereocenters. The average molecular weight is 307 g/mol. The Morgan fingerprint density at radius 3 is 2.75 bits per heavy atom. The van der Waals surface area contributed by atoms with Crippen molar-refractivity contribution in [2.75, 3.05) is 13.1 Å². The highest BCUT2D eigenvalue weighted by atomic mass is 79.9. The number of hydrogen-bond donors (Lipinski definition) is 2. The van der Waals surface area contributed by atoms with Crippen molar-refractivity contribution >= 4 is 34.3 Å². The highest BCUT2D eigenvalue weighted by Crippen LogP contribution is 2.32. The maximum atomic E-state index is 11.4. The van der Waals surface area contributed by atoms with E-state index in [0.29, 0.717) is 13.0 Å². The number of carboxylic acids is 1. The number of nitrogens with one attached hydrogen (secondary N) is 1. The quantitative estimate of drug-likeness (QED) is 0.880. The number of carboxylic acid groups (broad SMARTS) is 1. The summed E-state index contributed by atoms with van der Waals surface area (Å²) in [6, 6.07) is 7.55. The maximum absolute atomic E-state index is 11.4. The highest BCUT2D eigenvalue weighted by Gasteiger charge is 2.42. The summed E-state index contributed by atoms with van der Waals surface area (Å²) in [6.07, 6.45) is 0.652. The first-order chi connectivity index (χ1) is 7.15. The van der Waals surface area contributed by atoms with Gasteiger partial charge in [0.05, 0.1) is 0 Å². The van der Waals surface area contributed by atoms with E-state index in [1.807, 2.05) is 24.3 Å². The number of carbonyl (C=O) groups is 1. The van der Waals surface area contributed by atoms with Gasteiger partial charge >= 0.3 is 5.97 Å². The third-order valence-corrected chi connectivity index (χ3v) is 3.44. The molecule has 0 aliphatic carbocycles. The van der Waals surface area contributed by atoms with Crippen LogP contribution in [0.5, 0.6) is 0 Å². The molecule has 3 nitrogen and oxygen atoms in total. The molecule has 1 aromatic carbocycles. The lowest BCUT2D eigenvalue weighted by Crippen LogP contribution is -2.37. The number of benzene rings is 1. The third-order valence-electron chi connectivity index (χ3n) is 2.94. The number of halogens is 2. The van der Waals surface area contributed by atoms with Crippen LogP contribution in [0.4, 0.5) is 0 Å². The van der Waals surface area contributed by atoms with Crippen LogP contribution in [0.3, 0.4) is 0 Å². The second kappa shape index (κ2) is 5.17. The van der Waals surface area contributed by atoms with Gasteiger partial charge in [0.2, 0.25) is 0 Å². The molecule has 0 radical (unpaired) electrons. The molecule has 2 N–H and O–H groups in total. The summed E-state index contributed by atoms with van der Waals surface area (Å²) in [5.41, 5.74) is 0.124. The number of aliphatic carboxylic acids is 1. The molecule has 16 heavy (non-hydrogen) atoms. The van der Waals surface area contributed by atoms with E-state index in [0.717, 1.165) is 16.6 Å². The Balaban J connectivity index is 0.00000128. The van der Waals surface area contributed by atoms with E-state index in [4.69, 9.17) is 0 Å². The van der Waals surface area contributed by atoms with Gasteiger partial charge in [-0.25, -0.2) is 0 Å². The van der Waals surface area contributed by atoms with E-state index in [2.05, 4.69) is 21.2 Å². The molecule has 5 heteroatoms. The van der Waals surface area contributed by atoms with Crippen molar-refractivity contribution in [2.45, 2.75) is 11.8 Å². The molecule has 1 fully saturated rings. The van der Waals surface area contributed by atoms with Gasteiger partial charge in [-0.3, -0.25) is 4.79 Å². The minimum Gasteiger partial charge on any atom is -0.481 e. The molecule has 88 valence electrons. The molecule has 1 heterocycles. The molecule has 1 aromatic rings. The van der Waals surface area contributed by atoms with Gasteiger partial charge in [0.1, 0.15) is 5.41 Å². The standard InChI is InChI=1S/C11H12BrNO2.ClH/c12-9-3-1-2-8(6-9)11(10(14)15)4-5-13-7-11;/h1-3,6,13H,4-5,7H2,(H,14,15);1H. The maximum Gasteiger partial charge on any atom is 0.315 e. The van der Waals surface area contributed by atoms with Crippen LogP contribution in [0.1, 0.15) is 12.0 Å². The van der Waals surface area contributed by atoms with Crippen LogP contribution < -0.4 is 5.32 Å². The zero-order valence-corrected chi connectivity index (χ0v) is 11.0. The molecular weight excluding hydrogens is 293 g/mol. The Morgan fingerprint density at radius 1 is 1.50 bits per heavy atom. The van der Waals surface area contributed by atoms with Gasteiger partial charge in [-0.2, -0.15) is 0 Å². The van der Waals surface area contributed by atoms with Crippen LogP contribution in [-0.2, 0) is 10.2 Å². The zero-order chi connectivity index (χ0) is 10.9. The molecule has 1 saturated heterocycles. The summed E-state index contributed by atoms with van der Waals surface area (Å²) in [5, 5.41) is 12.5. The fraction of sp³-hybridized carbons (Fsp3) is 0.364. The smallest absolute Gasteiger partial charge is 0.315 e. The Labute approximate surface area is 109 Å². The lowest BCUT2D eigenvalue weighted by atomic mass is 9.80. The van der Waals surface area contributed by atoms with Crippen LogP contribution in [0.25, 0.3) is 0 Å². The first-order valence-electron chi connectivity index (χ1n) is 4.85. The Morgan fingerprint density at radius 2 is 2.25 bits per heavy atom. The molecule has 2 rings (SSSR count). The van der Waals surface area contributed by atoms with Crippen LogP contribution >= 0.6 is 28.3 Å². The monoisotopic (exact) mass is 305 g/mol. The number of hydrogen-bond acceptors (Lipinski definition) is 2. The van der Waals surface area contributed by atoms with Gasteiger partial charge in [0.15, 0.2) is 0 Å². The predicted octanol–water partition coefficient (Wildman–Crippen LogP) is 2.19. The lowest BCUT2D eigenvalue weighted by Gasteiger charge is -2.23. The van der Waals surface area contributed by atoms with Gasteiger partial charge in [0.25, 0.3) is 0 Å². The Kier molecular flexibility index (Phi) is 4.35. The lowest BCUT2D eigenvalue weighted by molar-refractivity contribution is -0.143. The Bertz CT molecular complexity index is 391. The van der Waals surface area contributed by atoms with E-state index >= 15 is 0 Å². The molecule has 0 saturated carbocycles. The first kappa shape index (κ1) is 13.5. The van der Waals surface area contributed by atoms with Crippen molar-refractivity contribution in [2.24, 2.45) is 0 Å². The molecule has 1 unspecified atom stereocenters. The summed E-state index contributed by atoms with van der Waals surface area (Å²) >= 11 is 3.37. The summed E-state index contributed by atoms with van der Waals surface area (Å²) in [7, 11) is 0. The fourth-order valence-corrected chi connectivity index (χ4v) is 2.43. The zero-order valence-electron chi connectivity index (χ0n) is 8.57. The molecule has 0 amide bonds. The molecule has 0 spiro atoms. The molecule has 1 aliphatic rings. The molecule has 0 bridgehead atoms. The second-order valence-corrected chi connectivity index (χ2v) is 4.74. The summed E-state index contributed by atoms with van der Waals surface area (Å²) in [4.78, 5) is 11.4. The topological polar surface area (TPSA) is 49.3 Å². The molecule has 1 aliphatic heterocycles. The van der Waals surface area contributed by atoms with Crippen molar-refractivity contribution in [3.8, 4) is 0 Å². The van der Waals surface area contributed by atoms with Gasteiger partial charge in [-0.05, 0) is 30.7 Å². The second-order valence-electron chi connectivity index (χ2n) is 3.82. The predicted molar refractivity (Wildman–Crippen MR) is 68.2 cm³/mol. The van der Waals surface area contributed by atoms with Gasteiger partial charge in [-0.15, -0.1) is 12.4 Å². The largest absolute Gasteiger partial charge is 0.481 e. The highest BCUT2D eigenvalue weighted by molar-refractivity contribution is 9.10. The molecular formula is C11H13BrClNO2. The Hall–Kier alpha value is -0.580. The van der Waals surface area contributed by atoms with E-state index < -0.39 is 11.4 Å². The third kappa shape index (κ3) is 2.24. The van der Waals surface area contributed by atoms with Crippen molar-refractivity contribution in [1.82, 2.24) is 5.32 Å². The van der Waals surface area contributed by atoms with Gasteiger partial charge in [-0.1, -0.05) is 28.1 Å². The van der Waals surface area contributed by atoms with Crippen LogP contribution in [0.15, 0.2) is 28.7 Å². The summed E-state index contributed by atoms with van der Waals surface area (Å²) in [5.74, 6) is -0.745. The number of rotatable bonds is 2. The SMILES string of the molecule is Cl.O=C(O)C1(c2cccc(Br)c2)CCNC1. The van der Waals surface area contributed by atoms with Gasteiger partial charge < -0.3 is 10.4 Å². The van der Waals surface area contributed by atoms with Crippen molar-refractivity contribution in [1.29, 1.82) is 0 Å². The van der Waals surface area contributed by atoms with Crippen molar-refractivity contribution in [3.63, 3.8) is 0 Å². The van der Waals surface area contributed by atoms with Crippen molar-refractivity contribution < 1.29 is 9.90 Å². The summed E-state index contributed by atoms with van der Waals surface area (Å²) < 4.78 is 0.924.